The second-order valence-electron chi connectivity index (χ2n) is 6.05. The van der Waals surface area contributed by atoms with Crippen molar-refractivity contribution in [2.24, 2.45) is 0 Å². The standard InChI is InChI=1S/C17H18ClF3N2O4S/c1-11-3-4-12(27-11)10-23(2)16(24)7-8-22-28(25,26)13-5-6-15(18)14(9-13)17(19,20)21/h3-6,9,22H,7-8,10H2,1-2H3. The van der Waals surface area contributed by atoms with Crippen LogP contribution in [0.4, 0.5) is 13.2 Å². The van der Waals surface area contributed by atoms with Gasteiger partial charge < -0.3 is 9.32 Å². The van der Waals surface area contributed by atoms with Gasteiger partial charge in [0.25, 0.3) is 0 Å². The molecule has 6 nitrogen and oxygen atoms in total. The van der Waals surface area contributed by atoms with E-state index in [2.05, 4.69) is 4.72 Å². The van der Waals surface area contributed by atoms with Gasteiger partial charge in [-0.15, -0.1) is 0 Å². The van der Waals surface area contributed by atoms with E-state index in [1.54, 1.807) is 19.1 Å². The van der Waals surface area contributed by atoms with Crippen LogP contribution in [-0.4, -0.2) is 32.8 Å². The van der Waals surface area contributed by atoms with Gasteiger partial charge in [-0.05, 0) is 37.3 Å². The van der Waals surface area contributed by atoms with Gasteiger partial charge in [-0.25, -0.2) is 13.1 Å². The normalized spacial score (nSPS) is 12.2. The minimum Gasteiger partial charge on any atom is -0.464 e. The zero-order chi connectivity index (χ0) is 21.1. The summed E-state index contributed by atoms with van der Waals surface area (Å²) in [5.41, 5.74) is -1.25. The van der Waals surface area contributed by atoms with Crippen LogP contribution in [0.3, 0.4) is 0 Å². The van der Waals surface area contributed by atoms with Crippen molar-refractivity contribution in [3.05, 3.63) is 52.4 Å². The third kappa shape index (κ3) is 5.73. The summed E-state index contributed by atoms with van der Waals surface area (Å²) in [5, 5.41) is -0.601. The number of benzene rings is 1. The van der Waals surface area contributed by atoms with Crippen LogP contribution in [0.2, 0.25) is 5.02 Å². The number of amides is 1. The second kappa shape index (κ2) is 8.54. The first kappa shape index (κ1) is 22.3. The molecule has 1 aromatic heterocycles. The van der Waals surface area contributed by atoms with Crippen molar-refractivity contribution in [1.82, 2.24) is 9.62 Å². The Hall–Kier alpha value is -2.04. The van der Waals surface area contributed by atoms with Gasteiger partial charge in [0.15, 0.2) is 0 Å². The highest BCUT2D eigenvalue weighted by atomic mass is 35.5. The molecule has 0 bridgehead atoms. The lowest BCUT2D eigenvalue weighted by Crippen LogP contribution is -2.32. The first-order valence-corrected chi connectivity index (χ1v) is 9.92. The maximum Gasteiger partial charge on any atom is 0.417 e. The maximum atomic E-state index is 12.9. The number of carbonyl (C=O) groups is 1. The highest BCUT2D eigenvalue weighted by molar-refractivity contribution is 7.89. The van der Waals surface area contributed by atoms with E-state index in [0.717, 1.165) is 12.1 Å². The molecule has 1 heterocycles. The van der Waals surface area contributed by atoms with E-state index < -0.39 is 31.7 Å². The number of alkyl halides is 3. The van der Waals surface area contributed by atoms with Crippen LogP contribution in [-0.2, 0) is 27.5 Å². The van der Waals surface area contributed by atoms with Crippen LogP contribution in [0.1, 0.15) is 23.5 Å². The van der Waals surface area contributed by atoms with Gasteiger partial charge in [0.05, 0.1) is 22.0 Å². The third-order valence-corrected chi connectivity index (χ3v) is 5.59. The van der Waals surface area contributed by atoms with Gasteiger partial charge >= 0.3 is 6.18 Å². The highest BCUT2D eigenvalue weighted by Gasteiger charge is 2.34. The molecule has 1 N–H and O–H groups in total. The van der Waals surface area contributed by atoms with Crippen LogP contribution in [0.5, 0.6) is 0 Å². The van der Waals surface area contributed by atoms with E-state index in [0.29, 0.717) is 17.6 Å². The molecule has 0 unspecified atom stereocenters. The number of nitrogens with one attached hydrogen (secondary N) is 1. The fourth-order valence-corrected chi connectivity index (χ4v) is 3.63. The van der Waals surface area contributed by atoms with Crippen LogP contribution < -0.4 is 4.72 Å². The summed E-state index contributed by atoms with van der Waals surface area (Å²) in [6.07, 6.45) is -4.96. The molecular weight excluding hydrogens is 421 g/mol. The summed E-state index contributed by atoms with van der Waals surface area (Å²) in [7, 11) is -2.70. The molecule has 0 spiro atoms. The lowest BCUT2D eigenvalue weighted by molar-refractivity contribution is -0.137. The molecule has 0 saturated carbocycles. The zero-order valence-electron chi connectivity index (χ0n) is 15.0. The molecule has 1 aromatic carbocycles. The van der Waals surface area contributed by atoms with Gasteiger partial charge in [0, 0.05) is 20.0 Å². The van der Waals surface area contributed by atoms with Crippen molar-refractivity contribution in [2.45, 2.75) is 31.0 Å². The summed E-state index contributed by atoms with van der Waals surface area (Å²) in [5.74, 6) is 0.920. The van der Waals surface area contributed by atoms with Gasteiger partial charge in [-0.3, -0.25) is 4.79 Å². The molecule has 1 amide bonds. The largest absolute Gasteiger partial charge is 0.464 e. The fraction of sp³-hybridized carbons (Fsp3) is 0.353. The molecule has 0 atom stereocenters. The van der Waals surface area contributed by atoms with Crippen molar-refractivity contribution in [2.75, 3.05) is 13.6 Å². The number of sulfonamides is 1. The van der Waals surface area contributed by atoms with Crippen LogP contribution >= 0.6 is 11.6 Å². The van der Waals surface area contributed by atoms with Crippen LogP contribution in [0.25, 0.3) is 0 Å². The maximum absolute atomic E-state index is 12.9. The Morgan fingerprint density at radius 3 is 2.50 bits per heavy atom. The monoisotopic (exact) mass is 438 g/mol. The minimum absolute atomic E-state index is 0.171. The number of furan rings is 1. The number of aryl methyl sites for hydroxylation is 1. The van der Waals surface area contributed by atoms with Crippen molar-refractivity contribution in [3.8, 4) is 0 Å². The molecular formula is C17H18ClF3N2O4S. The van der Waals surface area contributed by atoms with Crippen LogP contribution in [0.15, 0.2) is 39.6 Å². The van der Waals surface area contributed by atoms with Gasteiger partial charge in [-0.2, -0.15) is 13.2 Å². The Bertz CT molecular complexity index is 958. The van der Waals surface area contributed by atoms with Gasteiger partial charge in [-0.1, -0.05) is 11.6 Å². The summed E-state index contributed by atoms with van der Waals surface area (Å²) in [6.45, 7) is 1.71. The average molecular weight is 439 g/mol. The van der Waals surface area contributed by atoms with E-state index in [4.69, 9.17) is 16.0 Å². The average Bonchev–Trinajstić information content (AvgIpc) is 2.98. The van der Waals surface area contributed by atoms with Crippen LogP contribution in [0, 0.1) is 6.92 Å². The SMILES string of the molecule is Cc1ccc(CN(C)C(=O)CCNS(=O)(=O)c2ccc(Cl)c(C(F)(F)F)c2)o1. The first-order chi connectivity index (χ1) is 12.9. The molecule has 0 aliphatic heterocycles. The third-order valence-electron chi connectivity index (χ3n) is 3.80. The van der Waals surface area contributed by atoms with E-state index in [-0.39, 0.29) is 25.4 Å². The Kier molecular flexibility index (Phi) is 6.79. The van der Waals surface area contributed by atoms with Crippen molar-refractivity contribution in [3.63, 3.8) is 0 Å². The number of hydrogen-bond acceptors (Lipinski definition) is 4. The zero-order valence-corrected chi connectivity index (χ0v) is 16.6. The topological polar surface area (TPSA) is 79.6 Å². The molecule has 0 saturated heterocycles. The van der Waals surface area contributed by atoms with E-state index in [1.165, 1.54) is 11.9 Å². The van der Waals surface area contributed by atoms with E-state index in [1.807, 2.05) is 0 Å². The second-order valence-corrected chi connectivity index (χ2v) is 8.22. The number of rotatable bonds is 7. The molecule has 0 fully saturated rings. The number of halogens is 4. The summed E-state index contributed by atoms with van der Waals surface area (Å²) < 4.78 is 70.6. The van der Waals surface area contributed by atoms with Gasteiger partial charge in [0.1, 0.15) is 11.5 Å². The molecule has 28 heavy (non-hydrogen) atoms. The van der Waals surface area contributed by atoms with E-state index >= 15 is 0 Å². The summed E-state index contributed by atoms with van der Waals surface area (Å²) in [4.78, 5) is 12.9. The Labute approximate surface area is 165 Å². The molecule has 0 aliphatic rings. The predicted octanol–water partition coefficient (Wildman–Crippen LogP) is 3.59. The van der Waals surface area contributed by atoms with Crippen molar-refractivity contribution < 1.29 is 30.8 Å². The first-order valence-electron chi connectivity index (χ1n) is 8.06. The Balaban J connectivity index is 1.97. The molecule has 2 aromatic rings. The van der Waals surface area contributed by atoms with Gasteiger partial charge in [0.2, 0.25) is 15.9 Å². The highest BCUT2D eigenvalue weighted by Crippen LogP contribution is 2.35. The minimum atomic E-state index is -4.79. The Morgan fingerprint density at radius 1 is 1.25 bits per heavy atom. The fourth-order valence-electron chi connectivity index (χ4n) is 2.35. The lowest BCUT2D eigenvalue weighted by Gasteiger charge is -2.16. The quantitative estimate of drug-likeness (QED) is 0.716. The molecule has 2 rings (SSSR count). The summed E-state index contributed by atoms with van der Waals surface area (Å²) in [6, 6.07) is 5.76. The number of nitrogens with zero attached hydrogens (tertiary/aromatic N) is 1. The number of carbonyl (C=O) groups excluding carboxylic acids is 1. The molecule has 0 aliphatic carbocycles. The van der Waals surface area contributed by atoms with E-state index in [9.17, 15) is 26.4 Å². The summed E-state index contributed by atoms with van der Waals surface area (Å²) >= 11 is 5.49. The lowest BCUT2D eigenvalue weighted by atomic mass is 10.2. The van der Waals surface area contributed by atoms with Crippen molar-refractivity contribution >= 4 is 27.5 Å². The molecule has 11 heteroatoms. The molecule has 0 radical (unpaired) electrons. The molecule has 154 valence electrons. The predicted molar refractivity (Wildman–Crippen MR) is 96.2 cm³/mol. The van der Waals surface area contributed by atoms with Crippen molar-refractivity contribution in [1.29, 1.82) is 0 Å². The Morgan fingerprint density at radius 2 is 1.93 bits per heavy atom. The smallest absolute Gasteiger partial charge is 0.417 e. The number of hydrogen-bond donors (Lipinski definition) is 1.